The summed E-state index contributed by atoms with van der Waals surface area (Å²) in [5.74, 6) is 1.05. The highest BCUT2D eigenvalue weighted by atomic mass is 16.5. The SMILES string of the molecule is COCC1(CNC(=O)c2ccc(CN(C)C)o2)CCCC1. The predicted octanol–water partition coefficient (Wildman–Crippen LogP) is 2.28. The van der Waals surface area contributed by atoms with E-state index in [1.54, 1.807) is 13.2 Å². The van der Waals surface area contributed by atoms with Crippen molar-refractivity contribution in [2.45, 2.75) is 32.2 Å². The lowest BCUT2D eigenvalue weighted by atomic mass is 9.87. The van der Waals surface area contributed by atoms with Gasteiger partial charge in [-0.05, 0) is 39.1 Å². The number of hydrogen-bond donors (Lipinski definition) is 1. The molecule has 0 atom stereocenters. The minimum Gasteiger partial charge on any atom is -0.455 e. The first-order chi connectivity index (χ1) is 10.0. The molecule has 1 saturated carbocycles. The second kappa shape index (κ2) is 7.09. The third-order valence-corrected chi connectivity index (χ3v) is 4.10. The topological polar surface area (TPSA) is 54.7 Å². The van der Waals surface area contributed by atoms with E-state index >= 15 is 0 Å². The Balaban J connectivity index is 1.90. The summed E-state index contributed by atoms with van der Waals surface area (Å²) >= 11 is 0. The smallest absolute Gasteiger partial charge is 0.287 e. The molecule has 0 unspecified atom stereocenters. The van der Waals surface area contributed by atoms with Gasteiger partial charge in [-0.15, -0.1) is 0 Å². The van der Waals surface area contributed by atoms with E-state index in [1.807, 2.05) is 25.1 Å². The van der Waals surface area contributed by atoms with Gasteiger partial charge in [-0.1, -0.05) is 12.8 Å². The van der Waals surface area contributed by atoms with Crippen LogP contribution < -0.4 is 5.32 Å². The first-order valence-corrected chi connectivity index (χ1v) is 7.55. The molecular weight excluding hydrogens is 268 g/mol. The van der Waals surface area contributed by atoms with Crippen LogP contribution in [0, 0.1) is 5.41 Å². The number of amides is 1. The summed E-state index contributed by atoms with van der Waals surface area (Å²) in [7, 11) is 5.66. The summed E-state index contributed by atoms with van der Waals surface area (Å²) in [5, 5.41) is 3.01. The standard InChI is InChI=1S/C16H26N2O3/c1-18(2)10-13-6-7-14(21-13)15(19)17-11-16(12-20-3)8-4-5-9-16/h6-7H,4-5,8-12H2,1-3H3,(H,17,19). The molecule has 1 amide bonds. The van der Waals surface area contributed by atoms with Gasteiger partial charge in [0.25, 0.3) is 5.91 Å². The molecule has 118 valence electrons. The number of hydrogen-bond acceptors (Lipinski definition) is 4. The van der Waals surface area contributed by atoms with Gasteiger partial charge < -0.3 is 19.4 Å². The Hall–Kier alpha value is -1.33. The third kappa shape index (κ3) is 4.32. The van der Waals surface area contributed by atoms with Gasteiger partial charge in [-0.3, -0.25) is 4.79 Å². The van der Waals surface area contributed by atoms with Crippen molar-refractivity contribution in [3.05, 3.63) is 23.7 Å². The molecule has 21 heavy (non-hydrogen) atoms. The summed E-state index contributed by atoms with van der Waals surface area (Å²) in [4.78, 5) is 14.2. The van der Waals surface area contributed by atoms with Crippen molar-refractivity contribution in [1.29, 1.82) is 0 Å². The summed E-state index contributed by atoms with van der Waals surface area (Å²) in [5.41, 5.74) is 0.101. The average Bonchev–Trinajstić information content (AvgIpc) is 3.06. The van der Waals surface area contributed by atoms with Gasteiger partial charge in [-0.2, -0.15) is 0 Å². The van der Waals surface area contributed by atoms with Crippen molar-refractivity contribution >= 4 is 5.91 Å². The van der Waals surface area contributed by atoms with Crippen LogP contribution in [0.25, 0.3) is 0 Å². The molecule has 0 aromatic carbocycles. The molecule has 0 saturated heterocycles. The van der Waals surface area contributed by atoms with Gasteiger partial charge in [0.05, 0.1) is 13.2 Å². The molecule has 0 radical (unpaired) electrons. The fraction of sp³-hybridized carbons (Fsp3) is 0.688. The van der Waals surface area contributed by atoms with E-state index in [1.165, 1.54) is 12.8 Å². The third-order valence-electron chi connectivity index (χ3n) is 4.10. The van der Waals surface area contributed by atoms with Gasteiger partial charge >= 0.3 is 0 Å². The Morgan fingerprint density at radius 1 is 1.38 bits per heavy atom. The summed E-state index contributed by atoms with van der Waals surface area (Å²) in [6, 6.07) is 3.60. The Labute approximate surface area is 126 Å². The number of nitrogens with zero attached hydrogens (tertiary/aromatic N) is 1. The molecule has 0 aliphatic heterocycles. The number of ether oxygens (including phenoxy) is 1. The Morgan fingerprint density at radius 3 is 2.71 bits per heavy atom. The van der Waals surface area contributed by atoms with Crippen molar-refractivity contribution in [3.63, 3.8) is 0 Å². The van der Waals surface area contributed by atoms with Crippen molar-refractivity contribution < 1.29 is 13.9 Å². The molecule has 1 aliphatic carbocycles. The second-order valence-corrected chi connectivity index (χ2v) is 6.33. The van der Waals surface area contributed by atoms with E-state index in [0.29, 0.717) is 25.5 Å². The van der Waals surface area contributed by atoms with Crippen molar-refractivity contribution in [2.24, 2.45) is 5.41 Å². The highest BCUT2D eigenvalue weighted by molar-refractivity contribution is 5.91. The number of carbonyl (C=O) groups is 1. The zero-order valence-electron chi connectivity index (χ0n) is 13.3. The molecule has 1 aromatic rings. The molecule has 0 spiro atoms. The van der Waals surface area contributed by atoms with Gasteiger partial charge in [0.1, 0.15) is 5.76 Å². The van der Waals surface area contributed by atoms with Crippen molar-refractivity contribution in [2.75, 3.05) is 34.4 Å². The van der Waals surface area contributed by atoms with Crippen molar-refractivity contribution in [3.8, 4) is 0 Å². The van der Waals surface area contributed by atoms with Gasteiger partial charge in [0.15, 0.2) is 5.76 Å². The normalized spacial score (nSPS) is 17.3. The molecule has 1 fully saturated rings. The Bertz CT molecular complexity index is 462. The molecule has 0 bridgehead atoms. The summed E-state index contributed by atoms with van der Waals surface area (Å²) < 4.78 is 10.9. The Morgan fingerprint density at radius 2 is 2.10 bits per heavy atom. The maximum Gasteiger partial charge on any atom is 0.287 e. The minimum absolute atomic E-state index is 0.101. The van der Waals surface area contributed by atoms with Crippen LogP contribution in [-0.2, 0) is 11.3 Å². The number of carbonyl (C=O) groups excluding carboxylic acids is 1. The van der Waals surface area contributed by atoms with Crippen LogP contribution >= 0.6 is 0 Å². The van der Waals surface area contributed by atoms with Crippen LogP contribution in [0.3, 0.4) is 0 Å². The summed E-state index contributed by atoms with van der Waals surface area (Å²) in [6.45, 7) is 2.06. The fourth-order valence-corrected chi connectivity index (χ4v) is 3.05. The van der Waals surface area contributed by atoms with Gasteiger partial charge in [0, 0.05) is 19.1 Å². The molecule has 1 aliphatic rings. The lowest BCUT2D eigenvalue weighted by Crippen LogP contribution is -2.38. The lowest BCUT2D eigenvalue weighted by Gasteiger charge is -2.28. The quantitative estimate of drug-likeness (QED) is 0.838. The maximum atomic E-state index is 12.2. The second-order valence-electron chi connectivity index (χ2n) is 6.33. The molecule has 5 nitrogen and oxygen atoms in total. The van der Waals surface area contributed by atoms with Crippen LogP contribution in [-0.4, -0.2) is 45.2 Å². The number of rotatable bonds is 7. The molecule has 1 N–H and O–H groups in total. The highest BCUT2D eigenvalue weighted by Crippen LogP contribution is 2.37. The molecule has 1 aromatic heterocycles. The lowest BCUT2D eigenvalue weighted by molar-refractivity contribution is 0.0726. The zero-order chi connectivity index (χ0) is 15.3. The van der Waals surface area contributed by atoms with E-state index < -0.39 is 0 Å². The van der Waals surface area contributed by atoms with Crippen LogP contribution in [0.15, 0.2) is 16.5 Å². The largest absolute Gasteiger partial charge is 0.455 e. The van der Waals surface area contributed by atoms with Crippen LogP contribution in [0.1, 0.15) is 42.0 Å². The van der Waals surface area contributed by atoms with E-state index in [2.05, 4.69) is 5.32 Å². The molecule has 2 rings (SSSR count). The highest BCUT2D eigenvalue weighted by Gasteiger charge is 2.34. The molecular formula is C16H26N2O3. The molecule has 1 heterocycles. The van der Waals surface area contributed by atoms with Crippen LogP contribution in [0.4, 0.5) is 0 Å². The Kier molecular flexibility index (Phi) is 5.42. The van der Waals surface area contributed by atoms with Crippen molar-refractivity contribution in [1.82, 2.24) is 10.2 Å². The first kappa shape index (κ1) is 16.0. The monoisotopic (exact) mass is 294 g/mol. The van der Waals surface area contributed by atoms with Crippen LogP contribution in [0.5, 0.6) is 0 Å². The zero-order valence-corrected chi connectivity index (χ0v) is 13.3. The number of furan rings is 1. The fourth-order valence-electron chi connectivity index (χ4n) is 3.05. The van der Waals surface area contributed by atoms with E-state index in [0.717, 1.165) is 18.6 Å². The predicted molar refractivity (Wildman–Crippen MR) is 81.2 cm³/mol. The van der Waals surface area contributed by atoms with Gasteiger partial charge in [0.2, 0.25) is 0 Å². The van der Waals surface area contributed by atoms with E-state index in [4.69, 9.17) is 9.15 Å². The van der Waals surface area contributed by atoms with E-state index in [9.17, 15) is 4.79 Å². The summed E-state index contributed by atoms with van der Waals surface area (Å²) in [6.07, 6.45) is 4.66. The maximum absolute atomic E-state index is 12.2. The average molecular weight is 294 g/mol. The number of nitrogens with one attached hydrogen (secondary N) is 1. The first-order valence-electron chi connectivity index (χ1n) is 7.55. The van der Waals surface area contributed by atoms with Crippen LogP contribution in [0.2, 0.25) is 0 Å². The minimum atomic E-state index is -0.137. The van der Waals surface area contributed by atoms with Gasteiger partial charge in [-0.25, -0.2) is 0 Å². The molecule has 5 heteroatoms. The number of methoxy groups -OCH3 is 1. The van der Waals surface area contributed by atoms with E-state index in [-0.39, 0.29) is 11.3 Å².